The second-order valence-electron chi connectivity index (χ2n) is 5.18. The molecule has 0 saturated carbocycles. The first kappa shape index (κ1) is 14.8. The first-order chi connectivity index (χ1) is 9.76. The Morgan fingerprint density at radius 2 is 2.10 bits per heavy atom. The number of methoxy groups -OCH3 is 1. The van der Waals surface area contributed by atoms with Gasteiger partial charge in [-0.1, -0.05) is 19.8 Å². The van der Waals surface area contributed by atoms with Gasteiger partial charge in [0.15, 0.2) is 5.65 Å². The number of aryl methyl sites for hydroxylation is 1. The van der Waals surface area contributed by atoms with Crippen molar-refractivity contribution in [2.24, 2.45) is 11.7 Å². The van der Waals surface area contributed by atoms with E-state index in [0.29, 0.717) is 11.8 Å². The number of imidazole rings is 1. The minimum atomic E-state index is 0.600. The summed E-state index contributed by atoms with van der Waals surface area (Å²) < 4.78 is 5.11. The molecule has 0 fully saturated rings. The first-order valence-electron chi connectivity index (χ1n) is 7.36. The van der Waals surface area contributed by atoms with E-state index in [4.69, 9.17) is 10.5 Å². The molecule has 2 aromatic rings. The van der Waals surface area contributed by atoms with Crippen molar-refractivity contribution in [2.45, 2.75) is 39.0 Å². The van der Waals surface area contributed by atoms with Crippen LogP contribution < -0.4 is 10.5 Å². The Morgan fingerprint density at radius 1 is 1.25 bits per heavy atom. The van der Waals surface area contributed by atoms with Gasteiger partial charge >= 0.3 is 0 Å². The molecule has 110 valence electrons. The maximum Gasteiger partial charge on any atom is 0.215 e. The van der Waals surface area contributed by atoms with Crippen LogP contribution >= 0.6 is 0 Å². The summed E-state index contributed by atoms with van der Waals surface area (Å²) in [5.74, 6) is 2.29. The van der Waals surface area contributed by atoms with Crippen molar-refractivity contribution in [1.29, 1.82) is 0 Å². The number of aromatic amines is 1. The van der Waals surface area contributed by atoms with Gasteiger partial charge in [0, 0.05) is 12.5 Å². The molecule has 0 radical (unpaired) electrons. The van der Waals surface area contributed by atoms with Gasteiger partial charge in [0.1, 0.15) is 5.82 Å². The van der Waals surface area contributed by atoms with Crippen LogP contribution in [-0.2, 0) is 6.42 Å². The van der Waals surface area contributed by atoms with E-state index in [-0.39, 0.29) is 0 Å². The van der Waals surface area contributed by atoms with Crippen molar-refractivity contribution in [1.82, 2.24) is 15.0 Å². The Bertz CT molecular complexity index is 532. The van der Waals surface area contributed by atoms with E-state index in [0.717, 1.165) is 42.8 Å². The Balaban J connectivity index is 2.02. The standard InChI is InChI=1S/C15H24N4O/c1-3-4-11(9-10-16)5-7-13-17-12-6-8-14(20-2)19-15(12)18-13/h6,8,11H,3-5,7,9-10,16H2,1-2H3,(H,17,18,19). The van der Waals surface area contributed by atoms with Gasteiger partial charge in [0.25, 0.3) is 0 Å². The van der Waals surface area contributed by atoms with E-state index < -0.39 is 0 Å². The maximum atomic E-state index is 5.67. The van der Waals surface area contributed by atoms with Gasteiger partial charge in [-0.15, -0.1) is 0 Å². The monoisotopic (exact) mass is 276 g/mol. The normalized spacial score (nSPS) is 12.8. The Labute approximate surface area is 119 Å². The van der Waals surface area contributed by atoms with Crippen LogP contribution in [-0.4, -0.2) is 28.6 Å². The third-order valence-corrected chi connectivity index (χ3v) is 3.64. The molecule has 2 aromatic heterocycles. The minimum absolute atomic E-state index is 0.600. The lowest BCUT2D eigenvalue weighted by Gasteiger charge is -2.13. The Hall–Kier alpha value is -1.62. The van der Waals surface area contributed by atoms with E-state index in [1.165, 1.54) is 12.8 Å². The molecule has 0 aromatic carbocycles. The third kappa shape index (κ3) is 3.70. The van der Waals surface area contributed by atoms with Gasteiger partial charge in [-0.3, -0.25) is 0 Å². The molecule has 5 nitrogen and oxygen atoms in total. The topological polar surface area (TPSA) is 76.8 Å². The molecule has 5 heteroatoms. The summed E-state index contributed by atoms with van der Waals surface area (Å²) in [5.41, 5.74) is 7.37. The van der Waals surface area contributed by atoms with Gasteiger partial charge in [-0.05, 0) is 31.4 Å². The fourth-order valence-electron chi connectivity index (χ4n) is 2.57. The summed E-state index contributed by atoms with van der Waals surface area (Å²) in [6.07, 6.45) is 5.62. The largest absolute Gasteiger partial charge is 0.481 e. The maximum absolute atomic E-state index is 5.67. The molecule has 0 aliphatic carbocycles. The molecule has 2 heterocycles. The lowest BCUT2D eigenvalue weighted by Crippen LogP contribution is -2.10. The predicted molar refractivity (Wildman–Crippen MR) is 80.8 cm³/mol. The molecule has 0 aliphatic rings. The van der Waals surface area contributed by atoms with Crippen LogP contribution in [0.15, 0.2) is 12.1 Å². The molecule has 0 amide bonds. The average Bonchev–Trinajstić information content (AvgIpc) is 2.87. The summed E-state index contributed by atoms with van der Waals surface area (Å²) in [7, 11) is 1.61. The molecule has 3 N–H and O–H groups in total. The number of nitrogens with zero attached hydrogens (tertiary/aromatic N) is 2. The Kier molecular flexibility index (Phi) is 5.35. The SMILES string of the molecule is CCCC(CCN)CCc1nc2nc(OC)ccc2[nH]1. The zero-order chi connectivity index (χ0) is 14.4. The van der Waals surface area contributed by atoms with Crippen LogP contribution in [0.2, 0.25) is 0 Å². The Morgan fingerprint density at radius 3 is 2.80 bits per heavy atom. The highest BCUT2D eigenvalue weighted by Crippen LogP contribution is 2.19. The lowest BCUT2D eigenvalue weighted by molar-refractivity contribution is 0.399. The molecule has 2 rings (SSSR count). The molecule has 0 spiro atoms. The van der Waals surface area contributed by atoms with Gasteiger partial charge in [-0.25, -0.2) is 4.98 Å². The first-order valence-corrected chi connectivity index (χ1v) is 7.36. The highest BCUT2D eigenvalue weighted by atomic mass is 16.5. The number of nitrogens with two attached hydrogens (primary N) is 1. The second kappa shape index (κ2) is 7.24. The molecular weight excluding hydrogens is 252 g/mol. The number of aromatic nitrogens is 3. The number of pyridine rings is 1. The summed E-state index contributed by atoms with van der Waals surface area (Å²) in [5, 5.41) is 0. The van der Waals surface area contributed by atoms with E-state index in [2.05, 4.69) is 21.9 Å². The molecule has 0 bridgehead atoms. The van der Waals surface area contributed by atoms with Gasteiger partial charge in [0.2, 0.25) is 5.88 Å². The van der Waals surface area contributed by atoms with Crippen molar-refractivity contribution in [3.8, 4) is 5.88 Å². The number of hydrogen-bond donors (Lipinski definition) is 2. The number of H-pyrrole nitrogens is 1. The van der Waals surface area contributed by atoms with Crippen molar-refractivity contribution >= 4 is 11.2 Å². The summed E-state index contributed by atoms with van der Waals surface area (Å²) >= 11 is 0. The quantitative estimate of drug-likeness (QED) is 0.777. The van der Waals surface area contributed by atoms with Crippen LogP contribution in [0.1, 0.15) is 38.4 Å². The summed E-state index contributed by atoms with van der Waals surface area (Å²) in [6, 6.07) is 3.81. The number of ether oxygens (including phenoxy) is 1. The van der Waals surface area contributed by atoms with Crippen LogP contribution in [0.25, 0.3) is 11.2 Å². The van der Waals surface area contributed by atoms with Gasteiger partial charge < -0.3 is 15.5 Å². The van der Waals surface area contributed by atoms with Crippen LogP contribution in [0.4, 0.5) is 0 Å². The van der Waals surface area contributed by atoms with E-state index in [1.54, 1.807) is 7.11 Å². The number of nitrogens with one attached hydrogen (secondary N) is 1. The molecular formula is C15H24N4O. The van der Waals surface area contributed by atoms with Gasteiger partial charge in [0.05, 0.1) is 12.6 Å². The van der Waals surface area contributed by atoms with Crippen LogP contribution in [0.3, 0.4) is 0 Å². The van der Waals surface area contributed by atoms with E-state index in [9.17, 15) is 0 Å². The van der Waals surface area contributed by atoms with Crippen molar-refractivity contribution < 1.29 is 4.74 Å². The average molecular weight is 276 g/mol. The van der Waals surface area contributed by atoms with Crippen LogP contribution in [0.5, 0.6) is 5.88 Å². The molecule has 0 aliphatic heterocycles. The summed E-state index contributed by atoms with van der Waals surface area (Å²) in [4.78, 5) is 12.2. The summed E-state index contributed by atoms with van der Waals surface area (Å²) in [6.45, 7) is 2.99. The lowest BCUT2D eigenvalue weighted by atomic mass is 9.94. The van der Waals surface area contributed by atoms with Crippen molar-refractivity contribution in [3.05, 3.63) is 18.0 Å². The molecule has 0 saturated heterocycles. The highest BCUT2D eigenvalue weighted by Gasteiger charge is 2.10. The van der Waals surface area contributed by atoms with E-state index in [1.807, 2.05) is 12.1 Å². The van der Waals surface area contributed by atoms with Crippen molar-refractivity contribution in [2.75, 3.05) is 13.7 Å². The third-order valence-electron chi connectivity index (χ3n) is 3.64. The van der Waals surface area contributed by atoms with Crippen molar-refractivity contribution in [3.63, 3.8) is 0 Å². The second-order valence-corrected chi connectivity index (χ2v) is 5.18. The zero-order valence-electron chi connectivity index (χ0n) is 12.4. The van der Waals surface area contributed by atoms with Gasteiger partial charge in [-0.2, -0.15) is 4.98 Å². The fraction of sp³-hybridized carbons (Fsp3) is 0.600. The number of hydrogen-bond acceptors (Lipinski definition) is 4. The fourth-order valence-corrected chi connectivity index (χ4v) is 2.57. The predicted octanol–water partition coefficient (Wildman–Crippen LogP) is 2.66. The van der Waals surface area contributed by atoms with E-state index >= 15 is 0 Å². The molecule has 1 atom stereocenters. The number of fused-ring (bicyclic) bond motifs is 1. The number of rotatable bonds is 8. The highest BCUT2D eigenvalue weighted by molar-refractivity contribution is 5.71. The molecule has 20 heavy (non-hydrogen) atoms. The minimum Gasteiger partial charge on any atom is -0.481 e. The smallest absolute Gasteiger partial charge is 0.215 e. The zero-order valence-corrected chi connectivity index (χ0v) is 12.4. The van der Waals surface area contributed by atoms with Crippen LogP contribution in [0, 0.1) is 5.92 Å². The molecule has 1 unspecified atom stereocenters.